The van der Waals surface area contributed by atoms with Crippen molar-refractivity contribution in [3.05, 3.63) is 83.4 Å². The summed E-state index contributed by atoms with van der Waals surface area (Å²) in [5, 5.41) is 5.78. The number of hydrogen-bond acceptors (Lipinski definition) is 6. The van der Waals surface area contributed by atoms with Crippen molar-refractivity contribution in [3.8, 4) is 5.75 Å². The van der Waals surface area contributed by atoms with Crippen molar-refractivity contribution in [2.24, 2.45) is 5.92 Å². The van der Waals surface area contributed by atoms with E-state index in [1.54, 1.807) is 78.7 Å². The van der Waals surface area contributed by atoms with Crippen molar-refractivity contribution in [1.82, 2.24) is 5.32 Å². The lowest BCUT2D eigenvalue weighted by molar-refractivity contribution is -0.120. The summed E-state index contributed by atoms with van der Waals surface area (Å²) in [6.45, 7) is -0.0726. The van der Waals surface area contributed by atoms with Gasteiger partial charge in [0.1, 0.15) is 5.75 Å². The lowest BCUT2D eigenvalue weighted by Crippen LogP contribution is -2.44. The van der Waals surface area contributed by atoms with E-state index in [1.807, 2.05) is 0 Å². The molecule has 0 aromatic heterocycles. The minimum atomic E-state index is -0.600. The number of carbonyl (C=O) groups is 4. The molecule has 0 saturated heterocycles. The van der Waals surface area contributed by atoms with Gasteiger partial charge in [0.15, 0.2) is 6.61 Å². The molecule has 3 aromatic carbocycles. The highest BCUT2D eigenvalue weighted by Gasteiger charge is 2.25. The Kier molecular flexibility index (Phi) is 11.6. The molecule has 1 aliphatic carbocycles. The van der Waals surface area contributed by atoms with E-state index in [-0.39, 0.29) is 30.5 Å². The van der Waals surface area contributed by atoms with Crippen LogP contribution in [0.4, 0.5) is 21.9 Å². The molecular weight excluding hydrogens is 584 g/mol. The number of methoxy groups -OCH3 is 1. The van der Waals surface area contributed by atoms with Crippen molar-refractivity contribution in [2.75, 3.05) is 49.0 Å². The zero-order valence-electron chi connectivity index (χ0n) is 24.9. The van der Waals surface area contributed by atoms with Crippen molar-refractivity contribution in [3.63, 3.8) is 0 Å². The number of esters is 1. The number of para-hydroxylation sites is 2. The molecule has 0 aliphatic heterocycles. The molecule has 2 N–H and O–H groups in total. The van der Waals surface area contributed by atoms with Crippen molar-refractivity contribution in [2.45, 2.75) is 32.1 Å². The molecule has 11 heteroatoms. The quantitative estimate of drug-likeness (QED) is 0.258. The summed E-state index contributed by atoms with van der Waals surface area (Å²) in [6.07, 6.45) is 5.37. The van der Waals surface area contributed by atoms with Gasteiger partial charge in [-0.1, -0.05) is 55.1 Å². The Bertz CT molecular complexity index is 1480. The average molecular weight is 621 g/mol. The third-order valence-electron chi connectivity index (χ3n) is 7.49. The fourth-order valence-electron chi connectivity index (χ4n) is 5.10. The van der Waals surface area contributed by atoms with Gasteiger partial charge < -0.3 is 29.9 Å². The number of anilines is 3. The van der Waals surface area contributed by atoms with Gasteiger partial charge in [0, 0.05) is 30.0 Å². The Hall–Kier alpha value is -4.57. The highest BCUT2D eigenvalue weighted by atomic mass is 35.5. The molecule has 0 bridgehead atoms. The van der Waals surface area contributed by atoms with Crippen LogP contribution in [-0.4, -0.2) is 57.7 Å². The van der Waals surface area contributed by atoms with Gasteiger partial charge in [-0.2, -0.15) is 0 Å². The fraction of sp³-hybridized carbons (Fsp3) is 0.333. The third-order valence-corrected chi connectivity index (χ3v) is 7.72. The minimum Gasteiger partial charge on any atom is -0.482 e. The number of nitrogens with zero attached hydrogens (tertiary/aromatic N) is 2. The third kappa shape index (κ3) is 8.97. The number of benzene rings is 3. The minimum absolute atomic E-state index is 0.253. The molecule has 0 radical (unpaired) electrons. The van der Waals surface area contributed by atoms with Crippen LogP contribution in [0.15, 0.2) is 72.8 Å². The van der Waals surface area contributed by atoms with Crippen LogP contribution < -0.4 is 25.2 Å². The van der Waals surface area contributed by atoms with E-state index in [2.05, 4.69) is 10.6 Å². The molecule has 1 aliphatic rings. The maximum atomic E-state index is 13.7. The predicted molar refractivity (Wildman–Crippen MR) is 171 cm³/mol. The Balaban J connectivity index is 1.45. The first-order chi connectivity index (χ1) is 21.2. The normalized spacial score (nSPS) is 13.0. The molecule has 0 unspecified atom stereocenters. The monoisotopic (exact) mass is 620 g/mol. The summed E-state index contributed by atoms with van der Waals surface area (Å²) in [5.74, 6) is -0.463. The molecule has 1 saturated carbocycles. The van der Waals surface area contributed by atoms with E-state index in [9.17, 15) is 19.2 Å². The molecule has 3 aromatic rings. The summed E-state index contributed by atoms with van der Waals surface area (Å²) in [7, 11) is 2.92. The molecule has 0 spiro atoms. The van der Waals surface area contributed by atoms with Gasteiger partial charge in [-0.25, -0.2) is 9.59 Å². The molecular formula is C33H37ClN4O6. The number of hydrogen-bond donors (Lipinski definition) is 2. The maximum Gasteiger partial charge on any atom is 0.337 e. The molecule has 10 nitrogen and oxygen atoms in total. The summed E-state index contributed by atoms with van der Waals surface area (Å²) in [4.78, 5) is 54.2. The van der Waals surface area contributed by atoms with E-state index in [4.69, 9.17) is 21.1 Å². The average Bonchev–Trinajstić information content (AvgIpc) is 3.05. The summed E-state index contributed by atoms with van der Waals surface area (Å²) >= 11 is 6.09. The van der Waals surface area contributed by atoms with Crippen LogP contribution >= 0.6 is 11.6 Å². The number of ether oxygens (including phenoxy) is 2. The number of urea groups is 1. The van der Waals surface area contributed by atoms with E-state index in [0.717, 1.165) is 25.7 Å². The number of rotatable bonds is 11. The highest BCUT2D eigenvalue weighted by molar-refractivity contribution is 6.30. The van der Waals surface area contributed by atoms with Gasteiger partial charge in [-0.3, -0.25) is 9.59 Å². The van der Waals surface area contributed by atoms with Crippen LogP contribution in [0.5, 0.6) is 5.75 Å². The van der Waals surface area contributed by atoms with Gasteiger partial charge in [-0.05, 0) is 67.3 Å². The summed E-state index contributed by atoms with van der Waals surface area (Å²) < 4.78 is 10.7. The number of likely N-dealkylation sites (N-methyl/N-ethyl adjacent to an activating group) is 1. The molecule has 232 valence electrons. The molecule has 44 heavy (non-hydrogen) atoms. The van der Waals surface area contributed by atoms with Crippen LogP contribution in [0.3, 0.4) is 0 Å². The molecule has 0 atom stereocenters. The fourth-order valence-corrected chi connectivity index (χ4v) is 5.28. The van der Waals surface area contributed by atoms with Gasteiger partial charge in [0.2, 0.25) is 5.91 Å². The SMILES string of the molecule is COC(=O)c1cccc(NC(=O)NCC(=O)N(CC2CCCCC2)c2ccccc2OCC(=O)N(C)c2cccc(Cl)c2)c1. The van der Waals surface area contributed by atoms with Gasteiger partial charge in [0.05, 0.1) is 24.9 Å². The maximum absolute atomic E-state index is 13.7. The summed E-state index contributed by atoms with van der Waals surface area (Å²) in [5.41, 5.74) is 1.82. The first-order valence-corrected chi connectivity index (χ1v) is 14.9. The van der Waals surface area contributed by atoms with Crippen LogP contribution in [0.25, 0.3) is 0 Å². The Morgan fingerprint density at radius 2 is 1.66 bits per heavy atom. The first-order valence-electron chi connectivity index (χ1n) is 14.5. The summed E-state index contributed by atoms with van der Waals surface area (Å²) in [6, 6.07) is 19.8. The standard InChI is InChI=1S/C33H37ClN4O6/c1-37(27-15-9-13-25(34)19-27)31(40)22-44-29-17-7-6-16-28(29)38(21-23-10-4-3-5-11-23)30(39)20-35-33(42)36-26-14-8-12-24(18-26)32(41)43-2/h6-9,12-19,23H,3-5,10-11,20-22H2,1-2H3,(H2,35,36,42). The number of nitrogens with one attached hydrogen (secondary N) is 2. The molecule has 0 heterocycles. The number of halogens is 1. The number of amides is 4. The smallest absolute Gasteiger partial charge is 0.337 e. The lowest BCUT2D eigenvalue weighted by atomic mass is 9.89. The van der Waals surface area contributed by atoms with Crippen molar-refractivity contribution >= 4 is 52.5 Å². The van der Waals surface area contributed by atoms with Crippen LogP contribution in [0.1, 0.15) is 42.5 Å². The second-order valence-corrected chi connectivity index (χ2v) is 11.0. The second-order valence-electron chi connectivity index (χ2n) is 10.6. The van der Waals surface area contributed by atoms with Gasteiger partial charge in [-0.15, -0.1) is 0 Å². The highest BCUT2D eigenvalue weighted by Crippen LogP contribution is 2.32. The first kappa shape index (κ1) is 32.3. The molecule has 1 fully saturated rings. The Morgan fingerprint density at radius 3 is 2.41 bits per heavy atom. The van der Waals surface area contributed by atoms with Crippen LogP contribution in [0, 0.1) is 5.92 Å². The number of carbonyl (C=O) groups excluding carboxylic acids is 4. The van der Waals surface area contributed by atoms with Gasteiger partial charge >= 0.3 is 12.0 Å². The topological polar surface area (TPSA) is 117 Å². The largest absolute Gasteiger partial charge is 0.482 e. The van der Waals surface area contributed by atoms with E-state index in [0.29, 0.717) is 40.3 Å². The molecule has 4 rings (SSSR count). The van der Waals surface area contributed by atoms with Crippen molar-refractivity contribution < 1.29 is 28.7 Å². The van der Waals surface area contributed by atoms with E-state index < -0.39 is 12.0 Å². The van der Waals surface area contributed by atoms with Crippen LogP contribution in [-0.2, 0) is 14.3 Å². The predicted octanol–water partition coefficient (Wildman–Crippen LogP) is 5.90. The van der Waals surface area contributed by atoms with Gasteiger partial charge in [0.25, 0.3) is 5.91 Å². The van der Waals surface area contributed by atoms with E-state index in [1.165, 1.54) is 24.5 Å². The Labute approximate surface area is 262 Å². The zero-order chi connectivity index (χ0) is 31.5. The second kappa shape index (κ2) is 15.8. The van der Waals surface area contributed by atoms with E-state index >= 15 is 0 Å². The zero-order valence-corrected chi connectivity index (χ0v) is 25.6. The lowest BCUT2D eigenvalue weighted by Gasteiger charge is -2.31. The van der Waals surface area contributed by atoms with Crippen LogP contribution in [0.2, 0.25) is 5.02 Å². The van der Waals surface area contributed by atoms with Crippen molar-refractivity contribution in [1.29, 1.82) is 0 Å². The molecule has 4 amide bonds. The Morgan fingerprint density at radius 1 is 0.909 bits per heavy atom.